The van der Waals surface area contributed by atoms with Crippen molar-refractivity contribution >= 4 is 28.8 Å². The zero-order valence-corrected chi connectivity index (χ0v) is 17.6. The molecule has 32 heavy (non-hydrogen) atoms. The Hall–Kier alpha value is -3.94. The number of aromatic hydroxyl groups is 1. The highest BCUT2D eigenvalue weighted by atomic mass is 16.4. The normalized spacial score (nSPS) is 11.8. The van der Waals surface area contributed by atoms with Crippen LogP contribution in [0, 0.1) is 0 Å². The van der Waals surface area contributed by atoms with Gasteiger partial charge in [0.2, 0.25) is 0 Å². The van der Waals surface area contributed by atoms with Crippen LogP contribution < -0.4 is 21.5 Å². The molecule has 0 aliphatic carbocycles. The van der Waals surface area contributed by atoms with E-state index in [0.717, 1.165) is 5.56 Å². The quantitative estimate of drug-likeness (QED) is 0.203. The van der Waals surface area contributed by atoms with E-state index in [9.17, 15) is 24.3 Å². The van der Waals surface area contributed by atoms with Crippen molar-refractivity contribution in [1.29, 1.82) is 0 Å². The number of hydrogen-bond donors (Lipinski definition) is 4. The molecule has 3 aromatic rings. The maximum absolute atomic E-state index is 12.4. The maximum Gasteiger partial charge on any atom is 0.303 e. The number of carboxylic acids is 1. The largest absolute Gasteiger partial charge is 0.505 e. The Balaban J connectivity index is 1.81. The lowest BCUT2D eigenvalue weighted by Crippen LogP contribution is -2.37. The van der Waals surface area contributed by atoms with E-state index in [1.165, 1.54) is 18.2 Å². The Bertz CT molecular complexity index is 1200. The van der Waals surface area contributed by atoms with E-state index in [0.29, 0.717) is 6.42 Å². The molecule has 8 nitrogen and oxygen atoms in total. The zero-order valence-electron chi connectivity index (χ0n) is 17.6. The standard InChI is InChI=1S/C24H24N2O6/c1-2-16(14-8-4-3-5-9-14)25-20-21(24(32)23(20)31)26-17-11-6-10-15(22(17)30)18(27)12-7-13-19(28)29/h3-6,8-11,16,25-26,30H,2,7,12-13H2,1H3,(H,28,29)/t16-/m1/s1. The molecule has 0 aliphatic rings. The van der Waals surface area contributed by atoms with Crippen LogP contribution in [0.2, 0.25) is 0 Å². The summed E-state index contributed by atoms with van der Waals surface area (Å²) < 4.78 is 0. The first-order chi connectivity index (χ1) is 15.3. The zero-order chi connectivity index (χ0) is 23.3. The van der Waals surface area contributed by atoms with E-state index in [4.69, 9.17) is 5.11 Å². The summed E-state index contributed by atoms with van der Waals surface area (Å²) in [6.07, 6.45) is 0.637. The molecule has 166 valence electrons. The number of aliphatic carboxylic acids is 1. The van der Waals surface area contributed by atoms with Gasteiger partial charge in [-0.2, -0.15) is 0 Å². The molecule has 0 aromatic heterocycles. The summed E-state index contributed by atoms with van der Waals surface area (Å²) >= 11 is 0. The van der Waals surface area contributed by atoms with Crippen molar-refractivity contribution in [2.24, 2.45) is 0 Å². The molecule has 0 saturated heterocycles. The fourth-order valence-corrected chi connectivity index (χ4v) is 3.47. The number of benzene rings is 2. The number of phenols is 1. The number of Topliss-reactive ketones (excluding diaryl/α,β-unsaturated/α-hetero) is 1. The number of nitrogens with one attached hydrogen (secondary N) is 2. The van der Waals surface area contributed by atoms with Crippen LogP contribution in [-0.4, -0.2) is 22.0 Å². The average molecular weight is 436 g/mol. The van der Waals surface area contributed by atoms with Gasteiger partial charge in [0.25, 0.3) is 10.9 Å². The van der Waals surface area contributed by atoms with E-state index in [1.54, 1.807) is 0 Å². The van der Waals surface area contributed by atoms with Crippen molar-refractivity contribution in [3.63, 3.8) is 0 Å². The summed E-state index contributed by atoms with van der Waals surface area (Å²) in [4.78, 5) is 47.4. The molecule has 0 spiro atoms. The van der Waals surface area contributed by atoms with Crippen molar-refractivity contribution in [2.45, 2.75) is 38.6 Å². The first-order valence-corrected chi connectivity index (χ1v) is 10.3. The van der Waals surface area contributed by atoms with Gasteiger partial charge in [0.05, 0.1) is 17.3 Å². The topological polar surface area (TPSA) is 133 Å². The van der Waals surface area contributed by atoms with Crippen LogP contribution in [0.3, 0.4) is 0 Å². The second-order valence-electron chi connectivity index (χ2n) is 7.42. The molecule has 3 aromatic carbocycles. The third-order valence-corrected chi connectivity index (χ3v) is 5.23. The van der Waals surface area contributed by atoms with Gasteiger partial charge >= 0.3 is 5.97 Å². The van der Waals surface area contributed by atoms with Crippen LogP contribution in [0.4, 0.5) is 17.1 Å². The van der Waals surface area contributed by atoms with E-state index in [1.807, 2.05) is 37.3 Å². The summed E-state index contributed by atoms with van der Waals surface area (Å²) in [6.45, 7) is 1.95. The van der Waals surface area contributed by atoms with Crippen LogP contribution in [0.25, 0.3) is 0 Å². The molecule has 0 fully saturated rings. The Morgan fingerprint density at radius 3 is 2.28 bits per heavy atom. The van der Waals surface area contributed by atoms with Crippen LogP contribution in [0.1, 0.15) is 54.6 Å². The Morgan fingerprint density at radius 1 is 0.938 bits per heavy atom. The summed E-state index contributed by atoms with van der Waals surface area (Å²) in [5, 5.41) is 25.1. The second kappa shape index (κ2) is 9.91. The van der Waals surface area contributed by atoms with Crippen LogP contribution in [0.15, 0.2) is 58.1 Å². The number of para-hydroxylation sites is 1. The number of carboxylic acid groups (broad SMARTS) is 1. The minimum absolute atomic E-state index is 0.0179. The number of rotatable bonds is 11. The number of anilines is 3. The van der Waals surface area contributed by atoms with Crippen molar-refractivity contribution in [3.05, 3.63) is 80.1 Å². The van der Waals surface area contributed by atoms with Gasteiger partial charge in [-0.05, 0) is 30.5 Å². The molecule has 0 bridgehead atoms. The first-order valence-electron chi connectivity index (χ1n) is 10.3. The third kappa shape index (κ3) is 4.85. The van der Waals surface area contributed by atoms with Gasteiger partial charge in [-0.15, -0.1) is 0 Å². The van der Waals surface area contributed by atoms with Crippen molar-refractivity contribution in [3.8, 4) is 5.75 Å². The highest BCUT2D eigenvalue weighted by Crippen LogP contribution is 2.33. The van der Waals surface area contributed by atoms with Gasteiger partial charge in [0.15, 0.2) is 5.78 Å². The van der Waals surface area contributed by atoms with Gasteiger partial charge in [-0.1, -0.05) is 43.3 Å². The predicted molar refractivity (Wildman–Crippen MR) is 122 cm³/mol. The number of carbonyl (C=O) groups excluding carboxylic acids is 1. The molecule has 0 saturated carbocycles. The molecular weight excluding hydrogens is 412 g/mol. The van der Waals surface area contributed by atoms with Gasteiger partial charge in [0, 0.05) is 12.8 Å². The first kappa shape index (κ1) is 22.7. The summed E-state index contributed by atoms with van der Waals surface area (Å²) in [5.41, 5.74) is -0.124. The molecular formula is C24H24N2O6. The number of hydrogen-bond acceptors (Lipinski definition) is 7. The van der Waals surface area contributed by atoms with Crippen molar-refractivity contribution < 1.29 is 19.8 Å². The van der Waals surface area contributed by atoms with E-state index < -0.39 is 22.6 Å². The van der Waals surface area contributed by atoms with Gasteiger partial charge < -0.3 is 20.8 Å². The smallest absolute Gasteiger partial charge is 0.303 e. The lowest BCUT2D eigenvalue weighted by atomic mass is 10.0. The molecule has 0 unspecified atom stereocenters. The van der Waals surface area contributed by atoms with Crippen molar-refractivity contribution in [2.75, 3.05) is 10.6 Å². The second-order valence-corrected chi connectivity index (χ2v) is 7.42. The SMILES string of the molecule is CC[C@@H](Nc1c(Nc2cccc(C(=O)CCCC(=O)O)c2O)c(=O)c1=O)c1ccccc1. The minimum Gasteiger partial charge on any atom is -0.505 e. The number of carbonyl (C=O) groups is 2. The molecule has 0 amide bonds. The van der Waals surface area contributed by atoms with Crippen LogP contribution >= 0.6 is 0 Å². The molecule has 8 heteroatoms. The maximum atomic E-state index is 12.4. The fourth-order valence-electron chi connectivity index (χ4n) is 3.47. The van der Waals surface area contributed by atoms with E-state index in [2.05, 4.69) is 10.6 Å². The average Bonchev–Trinajstić information content (AvgIpc) is 2.79. The Kier molecular flexibility index (Phi) is 7.04. The Labute approximate surface area is 184 Å². The third-order valence-electron chi connectivity index (χ3n) is 5.23. The Morgan fingerprint density at radius 2 is 1.62 bits per heavy atom. The molecule has 0 heterocycles. The van der Waals surface area contributed by atoms with Crippen LogP contribution in [0.5, 0.6) is 5.75 Å². The number of ketones is 1. The summed E-state index contributed by atoms with van der Waals surface area (Å²) in [7, 11) is 0. The van der Waals surface area contributed by atoms with E-state index >= 15 is 0 Å². The minimum atomic E-state index is -1.00. The summed E-state index contributed by atoms with van der Waals surface area (Å²) in [5.74, 6) is -1.77. The summed E-state index contributed by atoms with van der Waals surface area (Å²) in [6, 6.07) is 13.8. The van der Waals surface area contributed by atoms with Gasteiger partial charge in [-0.3, -0.25) is 19.2 Å². The highest BCUT2D eigenvalue weighted by Gasteiger charge is 2.25. The predicted octanol–water partition coefficient (Wildman–Crippen LogP) is 3.73. The fraction of sp³-hybridized carbons (Fsp3) is 0.250. The lowest BCUT2D eigenvalue weighted by molar-refractivity contribution is -0.137. The number of phenolic OH excluding ortho intramolecular Hbond substituents is 1. The van der Waals surface area contributed by atoms with Gasteiger partial charge in [0.1, 0.15) is 17.1 Å². The molecule has 4 N–H and O–H groups in total. The lowest BCUT2D eigenvalue weighted by Gasteiger charge is -2.22. The van der Waals surface area contributed by atoms with Crippen molar-refractivity contribution in [1.82, 2.24) is 0 Å². The highest BCUT2D eigenvalue weighted by molar-refractivity contribution is 6.00. The molecule has 1 atom stereocenters. The van der Waals surface area contributed by atoms with Gasteiger partial charge in [-0.25, -0.2) is 0 Å². The molecule has 0 aliphatic heterocycles. The monoisotopic (exact) mass is 436 g/mol. The molecule has 0 radical (unpaired) electrons. The van der Waals surface area contributed by atoms with E-state index in [-0.39, 0.29) is 53.7 Å². The molecule has 3 rings (SSSR count). The van der Waals surface area contributed by atoms with Crippen LogP contribution in [-0.2, 0) is 4.79 Å².